The van der Waals surface area contributed by atoms with Gasteiger partial charge in [-0.1, -0.05) is 32.4 Å². The zero-order valence-electron chi connectivity index (χ0n) is 15.2. The van der Waals surface area contributed by atoms with Gasteiger partial charge < -0.3 is 11.5 Å². The number of nitrogen functional groups attached to an aromatic ring is 1. The highest BCUT2D eigenvalue weighted by Gasteiger charge is 2.15. The number of pyridine rings is 1. The van der Waals surface area contributed by atoms with Crippen LogP contribution in [0.25, 0.3) is 21.1 Å². The molecule has 0 saturated heterocycles. The third-order valence-corrected chi connectivity index (χ3v) is 5.93. The Kier molecular flexibility index (Phi) is 5.86. The van der Waals surface area contributed by atoms with Crippen molar-refractivity contribution in [1.29, 1.82) is 0 Å². The number of unbranched alkanes of at least 4 members (excludes halogenated alkanes) is 1. The van der Waals surface area contributed by atoms with Gasteiger partial charge in [0.25, 0.3) is 0 Å². The lowest BCUT2D eigenvalue weighted by molar-refractivity contribution is 0.521. The average Bonchev–Trinajstić information content (AvgIpc) is 3.04. The summed E-state index contributed by atoms with van der Waals surface area (Å²) in [5.74, 6) is 1.13. The number of fused-ring (bicyclic) bond motifs is 3. The first kappa shape index (κ1) is 18.1. The lowest BCUT2D eigenvalue weighted by atomic mass is 9.98. The van der Waals surface area contributed by atoms with Crippen LogP contribution in [0.4, 0.5) is 5.82 Å². The fraction of sp³-hybridized carbons (Fsp3) is 0.500. The zero-order chi connectivity index (χ0) is 17.8. The van der Waals surface area contributed by atoms with Gasteiger partial charge in [-0.15, -0.1) is 11.3 Å². The predicted octanol–water partition coefficient (Wildman–Crippen LogP) is 4.69. The monoisotopic (exact) mass is 356 g/mol. The predicted molar refractivity (Wildman–Crippen MR) is 109 cm³/mol. The zero-order valence-corrected chi connectivity index (χ0v) is 16.0. The van der Waals surface area contributed by atoms with E-state index in [2.05, 4.69) is 37.0 Å². The van der Waals surface area contributed by atoms with Crippen molar-refractivity contribution < 1.29 is 0 Å². The molecule has 5 heteroatoms. The summed E-state index contributed by atoms with van der Waals surface area (Å²) in [5.41, 5.74) is 15.2. The molecule has 1 aromatic carbocycles. The molecule has 0 radical (unpaired) electrons. The number of hydrogen-bond donors (Lipinski definition) is 2. The number of aromatic nitrogens is 2. The van der Waals surface area contributed by atoms with Crippen molar-refractivity contribution in [2.75, 3.05) is 12.3 Å². The number of nitrogens with two attached hydrogens (primary N) is 2. The van der Waals surface area contributed by atoms with Gasteiger partial charge >= 0.3 is 0 Å². The van der Waals surface area contributed by atoms with Gasteiger partial charge in [-0.2, -0.15) is 0 Å². The molecule has 1 atom stereocenters. The van der Waals surface area contributed by atoms with Gasteiger partial charge in [-0.25, -0.2) is 9.97 Å². The molecule has 0 amide bonds. The second-order valence-corrected chi connectivity index (χ2v) is 8.01. The standard InChI is InChI=1S/C20H28N4S/c1-3-4-11-16-24-18-19(25-16)17-14(8-5-7-13(2)12-21)9-6-10-15(17)23-20(18)22/h6,9-10,13H,3-5,7-8,11-12,21H2,1-2H3,(H2,22,23)/t13-/m0/s1. The van der Waals surface area contributed by atoms with Crippen LogP contribution in [0.3, 0.4) is 0 Å². The van der Waals surface area contributed by atoms with Crippen LogP contribution in [0, 0.1) is 5.92 Å². The maximum Gasteiger partial charge on any atom is 0.151 e. The molecule has 25 heavy (non-hydrogen) atoms. The van der Waals surface area contributed by atoms with Gasteiger partial charge in [0.1, 0.15) is 5.52 Å². The number of nitrogens with zero attached hydrogens (tertiary/aromatic N) is 2. The highest BCUT2D eigenvalue weighted by molar-refractivity contribution is 7.19. The van der Waals surface area contributed by atoms with Crippen molar-refractivity contribution in [2.45, 2.75) is 52.4 Å². The molecule has 0 unspecified atom stereocenters. The molecule has 134 valence electrons. The van der Waals surface area contributed by atoms with Crippen LogP contribution in [-0.4, -0.2) is 16.5 Å². The fourth-order valence-electron chi connectivity index (χ4n) is 3.23. The molecular formula is C20H28N4S. The highest BCUT2D eigenvalue weighted by Crippen LogP contribution is 2.35. The summed E-state index contributed by atoms with van der Waals surface area (Å²) in [6.45, 7) is 5.18. The first-order chi connectivity index (χ1) is 12.1. The Morgan fingerprint density at radius 1 is 1.16 bits per heavy atom. The quantitative estimate of drug-likeness (QED) is 0.614. The normalized spacial score (nSPS) is 12.9. The molecule has 0 aliphatic carbocycles. The number of thiazole rings is 1. The first-order valence-electron chi connectivity index (χ1n) is 9.30. The summed E-state index contributed by atoms with van der Waals surface area (Å²) >= 11 is 1.79. The Balaban J connectivity index is 2.01. The van der Waals surface area contributed by atoms with Gasteiger partial charge in [0.05, 0.1) is 15.2 Å². The highest BCUT2D eigenvalue weighted by atomic mass is 32.1. The van der Waals surface area contributed by atoms with Crippen LogP contribution < -0.4 is 11.5 Å². The molecule has 0 aliphatic rings. The number of aryl methyl sites for hydroxylation is 2. The Morgan fingerprint density at radius 2 is 2.00 bits per heavy atom. The van der Waals surface area contributed by atoms with Crippen LogP contribution in [0.1, 0.15) is 50.1 Å². The van der Waals surface area contributed by atoms with Gasteiger partial charge in [-0.3, -0.25) is 0 Å². The lowest BCUT2D eigenvalue weighted by Crippen LogP contribution is -2.10. The molecule has 4 N–H and O–H groups in total. The summed E-state index contributed by atoms with van der Waals surface area (Å²) < 4.78 is 1.20. The Morgan fingerprint density at radius 3 is 2.76 bits per heavy atom. The van der Waals surface area contributed by atoms with E-state index in [-0.39, 0.29) is 0 Å². The molecule has 0 fully saturated rings. The summed E-state index contributed by atoms with van der Waals surface area (Å²) in [7, 11) is 0. The van der Waals surface area contributed by atoms with Crippen molar-refractivity contribution in [3.05, 3.63) is 28.8 Å². The van der Waals surface area contributed by atoms with Gasteiger partial charge in [0.15, 0.2) is 5.82 Å². The Hall–Kier alpha value is -1.72. The van der Waals surface area contributed by atoms with Crippen LogP contribution in [0.2, 0.25) is 0 Å². The number of anilines is 1. The second-order valence-electron chi connectivity index (χ2n) is 6.93. The van der Waals surface area contributed by atoms with Crippen LogP contribution in [-0.2, 0) is 12.8 Å². The van der Waals surface area contributed by atoms with Gasteiger partial charge in [0, 0.05) is 5.39 Å². The molecule has 0 saturated carbocycles. The summed E-state index contributed by atoms with van der Waals surface area (Å²) in [5, 5.41) is 2.41. The van der Waals surface area contributed by atoms with Crippen molar-refractivity contribution in [2.24, 2.45) is 11.7 Å². The van der Waals surface area contributed by atoms with E-state index >= 15 is 0 Å². The van der Waals surface area contributed by atoms with E-state index in [1.807, 2.05) is 0 Å². The number of hydrogen-bond acceptors (Lipinski definition) is 5. The topological polar surface area (TPSA) is 77.8 Å². The van der Waals surface area contributed by atoms with Crippen LogP contribution in [0.5, 0.6) is 0 Å². The van der Waals surface area contributed by atoms with Crippen molar-refractivity contribution in [3.63, 3.8) is 0 Å². The molecule has 2 heterocycles. The molecule has 2 aromatic heterocycles. The summed E-state index contributed by atoms with van der Waals surface area (Å²) in [4.78, 5) is 9.40. The molecule has 0 bridgehead atoms. The maximum absolute atomic E-state index is 6.19. The minimum absolute atomic E-state index is 0.551. The van der Waals surface area contributed by atoms with Crippen molar-refractivity contribution >= 4 is 38.3 Å². The molecule has 3 aromatic rings. The average molecular weight is 357 g/mol. The SMILES string of the molecule is CCCCc1nc2c(N)nc3cccc(CCC[C@H](C)CN)c3c2s1. The molecule has 4 nitrogen and oxygen atoms in total. The number of benzene rings is 1. The Bertz CT molecular complexity index is 856. The van der Waals surface area contributed by atoms with Gasteiger partial charge in [0.2, 0.25) is 0 Å². The van der Waals surface area contributed by atoms with E-state index in [4.69, 9.17) is 16.5 Å². The maximum atomic E-state index is 6.19. The third-order valence-electron chi connectivity index (χ3n) is 4.80. The van der Waals surface area contributed by atoms with Crippen LogP contribution in [0.15, 0.2) is 18.2 Å². The Labute approximate surface area is 153 Å². The largest absolute Gasteiger partial charge is 0.382 e. The minimum Gasteiger partial charge on any atom is -0.382 e. The molecule has 0 aliphatic heterocycles. The third kappa shape index (κ3) is 3.93. The summed E-state index contributed by atoms with van der Waals surface area (Å²) in [6.07, 6.45) is 6.70. The van der Waals surface area contributed by atoms with E-state index in [0.29, 0.717) is 11.7 Å². The van der Waals surface area contributed by atoms with Gasteiger partial charge in [-0.05, 0) is 56.2 Å². The smallest absolute Gasteiger partial charge is 0.151 e. The van der Waals surface area contributed by atoms with E-state index < -0.39 is 0 Å². The second kappa shape index (κ2) is 8.11. The van der Waals surface area contributed by atoms with E-state index in [0.717, 1.165) is 49.7 Å². The minimum atomic E-state index is 0.551. The molecule has 0 spiro atoms. The first-order valence-corrected chi connectivity index (χ1v) is 10.1. The fourth-order valence-corrected chi connectivity index (χ4v) is 4.44. The molecular weight excluding hydrogens is 328 g/mol. The van der Waals surface area contributed by atoms with E-state index in [9.17, 15) is 0 Å². The lowest BCUT2D eigenvalue weighted by Gasteiger charge is -2.10. The van der Waals surface area contributed by atoms with E-state index in [1.54, 1.807) is 11.3 Å². The number of rotatable bonds is 8. The van der Waals surface area contributed by atoms with E-state index in [1.165, 1.54) is 27.1 Å². The summed E-state index contributed by atoms with van der Waals surface area (Å²) in [6, 6.07) is 6.36. The van der Waals surface area contributed by atoms with Crippen molar-refractivity contribution in [1.82, 2.24) is 9.97 Å². The molecule has 3 rings (SSSR count). The van der Waals surface area contributed by atoms with Crippen molar-refractivity contribution in [3.8, 4) is 0 Å². The van der Waals surface area contributed by atoms with Crippen LogP contribution >= 0.6 is 11.3 Å².